The average molecular weight is 509 g/mol. The van der Waals surface area contributed by atoms with Gasteiger partial charge in [0, 0.05) is 33.6 Å². The van der Waals surface area contributed by atoms with E-state index in [1.165, 1.54) is 11.1 Å². The van der Waals surface area contributed by atoms with E-state index in [1.54, 1.807) is 0 Å². The Balaban J connectivity index is 2.03. The first-order valence-corrected chi connectivity index (χ1v) is 13.8. The van der Waals surface area contributed by atoms with Gasteiger partial charge in [-0.2, -0.15) is 0 Å². The molecule has 0 bridgehead atoms. The van der Waals surface area contributed by atoms with Crippen molar-refractivity contribution in [1.29, 1.82) is 0 Å². The lowest BCUT2D eigenvalue weighted by Crippen LogP contribution is -2.19. The molecule has 198 valence electrons. The van der Waals surface area contributed by atoms with E-state index in [0.29, 0.717) is 21.5 Å². The maximum atomic E-state index is 14.0. The van der Waals surface area contributed by atoms with Gasteiger partial charge >= 0.3 is 0 Å². The number of nitrogens with zero attached hydrogens (tertiary/aromatic N) is 2. The van der Waals surface area contributed by atoms with Gasteiger partial charge in [0.05, 0.1) is 22.1 Å². The van der Waals surface area contributed by atoms with Crippen LogP contribution in [0.1, 0.15) is 92.4 Å². The van der Waals surface area contributed by atoms with Gasteiger partial charge in [0.2, 0.25) is 0 Å². The Hall–Kier alpha value is -3.40. The molecule has 0 saturated heterocycles. The number of aromatic nitrogens is 2. The third kappa shape index (κ3) is 3.97. The van der Waals surface area contributed by atoms with Crippen LogP contribution in [-0.2, 0) is 10.8 Å². The fraction of sp³-hybridized carbons (Fsp3) is 0.412. The summed E-state index contributed by atoms with van der Waals surface area (Å²) in [5.74, 6) is 0. The van der Waals surface area contributed by atoms with E-state index in [2.05, 4.69) is 103 Å². The summed E-state index contributed by atoms with van der Waals surface area (Å²) >= 11 is 0. The molecule has 0 spiro atoms. The van der Waals surface area contributed by atoms with E-state index in [9.17, 15) is 9.59 Å². The fourth-order valence-electron chi connectivity index (χ4n) is 5.78. The first-order valence-electron chi connectivity index (χ1n) is 13.8. The van der Waals surface area contributed by atoms with E-state index in [1.807, 2.05) is 24.3 Å². The second kappa shape index (κ2) is 8.56. The molecule has 0 amide bonds. The monoisotopic (exact) mass is 508 g/mol. The Labute approximate surface area is 224 Å². The summed E-state index contributed by atoms with van der Waals surface area (Å²) in [5.41, 5.74) is 5.78. The molecule has 3 aromatic carbocycles. The van der Waals surface area contributed by atoms with Crippen LogP contribution in [0.5, 0.6) is 0 Å². The van der Waals surface area contributed by atoms with Crippen LogP contribution in [0, 0.1) is 0 Å². The summed E-state index contributed by atoms with van der Waals surface area (Å²) in [6.07, 6.45) is 0. The second-order valence-electron chi connectivity index (χ2n) is 13.4. The van der Waals surface area contributed by atoms with Gasteiger partial charge in [-0.1, -0.05) is 53.7 Å². The molecule has 4 heteroatoms. The highest BCUT2D eigenvalue weighted by Gasteiger charge is 2.22. The van der Waals surface area contributed by atoms with E-state index >= 15 is 0 Å². The molecule has 0 unspecified atom stereocenters. The van der Waals surface area contributed by atoms with Gasteiger partial charge in [0.1, 0.15) is 0 Å². The molecule has 0 aliphatic rings. The zero-order valence-corrected chi connectivity index (χ0v) is 24.5. The SMILES string of the molecule is CC(C)n1c2cc(C(C)(C)C)ccc2c(=O)c2cc3c(cc21)c(=O)c1ccc(C(C)(C)C)cc1n3C(C)C. The van der Waals surface area contributed by atoms with E-state index in [-0.39, 0.29) is 33.8 Å². The maximum Gasteiger partial charge on any atom is 0.197 e. The number of pyridine rings is 2. The van der Waals surface area contributed by atoms with Gasteiger partial charge < -0.3 is 9.13 Å². The molecule has 0 aliphatic heterocycles. The summed E-state index contributed by atoms with van der Waals surface area (Å²) in [7, 11) is 0. The number of hydrogen-bond donors (Lipinski definition) is 0. The Kier molecular flexibility index (Phi) is 5.90. The van der Waals surface area contributed by atoms with Crippen molar-refractivity contribution >= 4 is 43.6 Å². The van der Waals surface area contributed by atoms with Gasteiger partial charge in [-0.15, -0.1) is 0 Å². The lowest BCUT2D eigenvalue weighted by molar-refractivity contribution is 0.588. The van der Waals surface area contributed by atoms with Crippen LogP contribution >= 0.6 is 0 Å². The normalized spacial score (nSPS) is 13.2. The van der Waals surface area contributed by atoms with Gasteiger partial charge in [0.25, 0.3) is 0 Å². The molecule has 0 radical (unpaired) electrons. The van der Waals surface area contributed by atoms with Crippen molar-refractivity contribution in [2.24, 2.45) is 0 Å². The number of fused-ring (bicyclic) bond motifs is 4. The third-order valence-corrected chi connectivity index (χ3v) is 7.89. The molecule has 5 aromatic rings. The first-order chi connectivity index (χ1) is 17.6. The Morgan fingerprint density at radius 2 is 0.816 bits per heavy atom. The molecule has 0 fully saturated rings. The fourth-order valence-corrected chi connectivity index (χ4v) is 5.78. The number of hydrogen-bond acceptors (Lipinski definition) is 2. The molecule has 2 aromatic heterocycles. The zero-order chi connectivity index (χ0) is 27.9. The van der Waals surface area contributed by atoms with Crippen molar-refractivity contribution in [3.63, 3.8) is 0 Å². The summed E-state index contributed by atoms with van der Waals surface area (Å²) in [6, 6.07) is 16.6. The van der Waals surface area contributed by atoms with Crippen LogP contribution in [0.3, 0.4) is 0 Å². The highest BCUT2D eigenvalue weighted by Crippen LogP contribution is 2.33. The van der Waals surface area contributed by atoms with Crippen LogP contribution in [0.4, 0.5) is 0 Å². The van der Waals surface area contributed by atoms with Crippen LogP contribution in [0.2, 0.25) is 0 Å². The quantitative estimate of drug-likeness (QED) is 0.225. The van der Waals surface area contributed by atoms with E-state index in [0.717, 1.165) is 22.1 Å². The van der Waals surface area contributed by atoms with Crippen molar-refractivity contribution in [3.05, 3.63) is 80.1 Å². The topological polar surface area (TPSA) is 44.0 Å². The summed E-state index contributed by atoms with van der Waals surface area (Å²) < 4.78 is 4.46. The molecule has 0 N–H and O–H groups in total. The Bertz CT molecular complexity index is 1730. The van der Waals surface area contributed by atoms with Crippen molar-refractivity contribution in [2.45, 2.75) is 92.2 Å². The lowest BCUT2D eigenvalue weighted by atomic mass is 9.86. The van der Waals surface area contributed by atoms with Crippen LogP contribution in [0.25, 0.3) is 43.6 Å². The van der Waals surface area contributed by atoms with Gasteiger partial charge in [-0.25, -0.2) is 0 Å². The lowest BCUT2D eigenvalue weighted by Gasteiger charge is -2.25. The van der Waals surface area contributed by atoms with Crippen molar-refractivity contribution in [2.75, 3.05) is 0 Å². The van der Waals surface area contributed by atoms with Crippen LogP contribution in [-0.4, -0.2) is 9.13 Å². The summed E-state index contributed by atoms with van der Waals surface area (Å²) in [4.78, 5) is 28.0. The molecular formula is C34H40N2O2. The zero-order valence-electron chi connectivity index (χ0n) is 24.5. The van der Waals surface area contributed by atoms with E-state index < -0.39 is 0 Å². The average Bonchev–Trinajstić information content (AvgIpc) is 2.81. The van der Waals surface area contributed by atoms with Gasteiger partial charge in [0.15, 0.2) is 10.9 Å². The van der Waals surface area contributed by atoms with E-state index in [4.69, 9.17) is 0 Å². The molecule has 4 nitrogen and oxygen atoms in total. The highest BCUT2D eigenvalue weighted by atomic mass is 16.1. The van der Waals surface area contributed by atoms with Crippen molar-refractivity contribution < 1.29 is 0 Å². The molecule has 5 rings (SSSR count). The smallest absolute Gasteiger partial charge is 0.197 e. The minimum Gasteiger partial charge on any atom is -0.338 e. The Morgan fingerprint density at radius 3 is 1.11 bits per heavy atom. The van der Waals surface area contributed by atoms with Crippen LogP contribution in [0.15, 0.2) is 58.1 Å². The van der Waals surface area contributed by atoms with Gasteiger partial charge in [-0.3, -0.25) is 9.59 Å². The van der Waals surface area contributed by atoms with Crippen molar-refractivity contribution in [3.8, 4) is 0 Å². The third-order valence-electron chi connectivity index (χ3n) is 7.89. The highest BCUT2D eigenvalue weighted by molar-refractivity contribution is 6.04. The second-order valence-corrected chi connectivity index (χ2v) is 13.4. The standard InChI is InChI=1S/C34H40N2O2/c1-19(2)35-27-15-21(33(5,6)7)11-13-23(27)31(37)25-18-30-26(17-29(25)35)32(38)24-14-12-22(34(8,9)10)16-28(24)36(30)20(3)4/h11-20H,1-10H3. The molecule has 0 aliphatic carbocycles. The van der Waals surface area contributed by atoms with Crippen molar-refractivity contribution in [1.82, 2.24) is 9.13 Å². The summed E-state index contributed by atoms with van der Waals surface area (Å²) in [6.45, 7) is 21.7. The predicted octanol–water partition coefficient (Wildman–Crippen LogP) is 8.38. The maximum absolute atomic E-state index is 14.0. The van der Waals surface area contributed by atoms with Crippen LogP contribution < -0.4 is 10.9 Å². The Morgan fingerprint density at radius 1 is 0.500 bits per heavy atom. The molecular weight excluding hydrogens is 468 g/mol. The predicted molar refractivity (Wildman–Crippen MR) is 163 cm³/mol. The number of benzene rings is 3. The number of rotatable bonds is 2. The summed E-state index contributed by atoms with van der Waals surface area (Å²) in [5, 5.41) is 2.74. The minimum atomic E-state index is -0.0415. The molecule has 0 atom stereocenters. The first kappa shape index (κ1) is 26.2. The molecule has 0 saturated carbocycles. The van der Waals surface area contributed by atoms with Gasteiger partial charge in [-0.05, 0) is 86.1 Å². The molecule has 38 heavy (non-hydrogen) atoms. The largest absolute Gasteiger partial charge is 0.338 e. The minimum absolute atomic E-state index is 0.0144. The molecule has 2 heterocycles.